The number of hydrogen-bond donors (Lipinski definition) is 5. The Labute approximate surface area is 137 Å². The maximum atomic E-state index is 12.0. The van der Waals surface area contributed by atoms with E-state index in [-0.39, 0.29) is 5.03 Å². The van der Waals surface area contributed by atoms with E-state index in [0.717, 1.165) is 11.0 Å². The van der Waals surface area contributed by atoms with Crippen molar-refractivity contribution in [2.75, 3.05) is 0 Å². The van der Waals surface area contributed by atoms with Crippen molar-refractivity contribution in [3.05, 3.63) is 48.4 Å². The van der Waals surface area contributed by atoms with Gasteiger partial charge >= 0.3 is 0 Å². The topological polar surface area (TPSA) is 139 Å². The van der Waals surface area contributed by atoms with Crippen LogP contribution in [0.1, 0.15) is 11.7 Å². The van der Waals surface area contributed by atoms with Crippen molar-refractivity contribution < 1.29 is 8.42 Å². The molecule has 1 aromatic carbocycles. The van der Waals surface area contributed by atoms with Gasteiger partial charge in [-0.2, -0.15) is 11.1 Å². The second kappa shape index (κ2) is 5.59. The molecule has 0 bridgehead atoms. The van der Waals surface area contributed by atoms with Gasteiger partial charge in [-0.25, -0.2) is 34.4 Å². The first-order valence-electron chi connectivity index (χ1n) is 7.01. The van der Waals surface area contributed by atoms with Gasteiger partial charge in [0.25, 0.3) is 10.0 Å². The number of hydrogen-bond acceptors (Lipinski definition) is 8. The Morgan fingerprint density at radius 2 is 1.83 bits per heavy atom. The van der Waals surface area contributed by atoms with Gasteiger partial charge in [-0.05, 0) is 18.2 Å². The lowest BCUT2D eigenvalue weighted by Crippen LogP contribution is -2.33. The highest BCUT2D eigenvalue weighted by molar-refractivity contribution is 7.89. The van der Waals surface area contributed by atoms with Gasteiger partial charge in [-0.15, -0.1) is 0 Å². The molecule has 0 unspecified atom stereocenters. The van der Waals surface area contributed by atoms with Gasteiger partial charge < -0.3 is 0 Å². The van der Waals surface area contributed by atoms with Crippen LogP contribution in [0.3, 0.4) is 0 Å². The Morgan fingerprint density at radius 1 is 1.08 bits per heavy atom. The van der Waals surface area contributed by atoms with E-state index in [1.807, 2.05) is 24.3 Å². The molecule has 10 nitrogen and oxygen atoms in total. The number of benzene rings is 1. The lowest BCUT2D eigenvalue weighted by Gasteiger charge is -2.18. The molecule has 0 amide bonds. The van der Waals surface area contributed by atoms with E-state index in [9.17, 15) is 8.42 Å². The van der Waals surface area contributed by atoms with E-state index in [4.69, 9.17) is 5.14 Å². The minimum atomic E-state index is -4.02. The van der Waals surface area contributed by atoms with Crippen LogP contribution in [-0.4, -0.2) is 23.0 Å². The van der Waals surface area contributed by atoms with Crippen molar-refractivity contribution in [2.24, 2.45) is 5.14 Å². The number of fused-ring (bicyclic) bond motifs is 1. The first kappa shape index (κ1) is 15.1. The summed E-state index contributed by atoms with van der Waals surface area (Å²) in [6, 6.07) is 9.26. The summed E-state index contributed by atoms with van der Waals surface area (Å²) in [6.07, 6.45) is 2.47. The molecule has 1 saturated heterocycles. The van der Waals surface area contributed by atoms with E-state index in [1.54, 1.807) is 17.0 Å². The molecule has 0 radical (unpaired) electrons. The summed E-state index contributed by atoms with van der Waals surface area (Å²) in [5.74, 6) is 0. The highest BCUT2D eigenvalue weighted by atomic mass is 32.2. The Hall–Kier alpha value is -2.41. The number of para-hydroxylation sites is 2. The van der Waals surface area contributed by atoms with Crippen LogP contribution in [0.2, 0.25) is 0 Å². The largest absolute Gasteiger partial charge is 0.298 e. The van der Waals surface area contributed by atoms with Crippen LogP contribution in [0.25, 0.3) is 16.7 Å². The van der Waals surface area contributed by atoms with Gasteiger partial charge in [-0.1, -0.05) is 12.1 Å². The number of imidazole rings is 1. The molecule has 0 saturated carbocycles. The van der Waals surface area contributed by atoms with Crippen molar-refractivity contribution in [3.8, 4) is 5.69 Å². The minimum Gasteiger partial charge on any atom is -0.298 e. The first-order chi connectivity index (χ1) is 11.6. The van der Waals surface area contributed by atoms with Crippen molar-refractivity contribution in [3.63, 3.8) is 0 Å². The molecule has 11 heteroatoms. The second-order valence-corrected chi connectivity index (χ2v) is 6.65. The zero-order valence-electron chi connectivity index (χ0n) is 12.3. The van der Waals surface area contributed by atoms with Crippen LogP contribution in [0, 0.1) is 0 Å². The zero-order valence-corrected chi connectivity index (χ0v) is 13.1. The van der Waals surface area contributed by atoms with Crippen LogP contribution in [0.15, 0.2) is 47.9 Å². The highest BCUT2D eigenvalue weighted by Gasteiger charge is 2.28. The second-order valence-electron chi connectivity index (χ2n) is 5.17. The molecule has 0 atom stereocenters. The van der Waals surface area contributed by atoms with E-state index in [0.29, 0.717) is 11.3 Å². The van der Waals surface area contributed by atoms with E-state index in [1.165, 1.54) is 6.20 Å². The van der Waals surface area contributed by atoms with Gasteiger partial charge in [0.2, 0.25) is 0 Å². The van der Waals surface area contributed by atoms with Gasteiger partial charge in [0.1, 0.15) is 12.5 Å². The van der Waals surface area contributed by atoms with Crippen LogP contribution in [0.5, 0.6) is 0 Å². The Balaban J connectivity index is 2.01. The molecule has 1 aliphatic heterocycles. The number of rotatable bonds is 3. The third-order valence-corrected chi connectivity index (χ3v) is 4.56. The average molecular weight is 346 g/mol. The molecule has 3 heterocycles. The normalized spacial score (nSPS) is 16.0. The molecule has 3 aromatic rings. The van der Waals surface area contributed by atoms with Crippen LogP contribution in [-0.2, 0) is 10.0 Å². The third-order valence-electron chi connectivity index (χ3n) is 3.70. The lowest BCUT2D eigenvalue weighted by atomic mass is 10.2. The van der Waals surface area contributed by atoms with Crippen LogP contribution >= 0.6 is 0 Å². The molecule has 4 rings (SSSR count). The van der Waals surface area contributed by atoms with Crippen molar-refractivity contribution in [1.29, 1.82) is 0 Å². The number of nitrogens with zero attached hydrogens (tertiary/aromatic N) is 3. The molecule has 1 fully saturated rings. The summed E-state index contributed by atoms with van der Waals surface area (Å²) in [5.41, 5.74) is 13.7. The summed E-state index contributed by atoms with van der Waals surface area (Å²) < 4.78 is 25.8. The molecule has 1 aliphatic rings. The fraction of sp³-hybridized carbons (Fsp3) is 0.0769. The van der Waals surface area contributed by atoms with Gasteiger partial charge in [0.15, 0.2) is 5.03 Å². The molecular weight excluding hydrogens is 332 g/mol. The first-order valence-corrected chi connectivity index (χ1v) is 8.55. The molecule has 0 aliphatic carbocycles. The molecule has 6 N–H and O–H groups in total. The quantitative estimate of drug-likeness (QED) is 0.415. The van der Waals surface area contributed by atoms with Crippen molar-refractivity contribution >= 4 is 21.1 Å². The minimum absolute atomic E-state index is 0.215. The summed E-state index contributed by atoms with van der Waals surface area (Å²) in [6.45, 7) is 0. The summed E-state index contributed by atoms with van der Waals surface area (Å²) >= 11 is 0. The van der Waals surface area contributed by atoms with Crippen LogP contribution in [0.4, 0.5) is 0 Å². The fourth-order valence-corrected chi connectivity index (χ4v) is 3.44. The predicted octanol–water partition coefficient (Wildman–Crippen LogP) is -0.817. The number of pyridine rings is 1. The Kier molecular flexibility index (Phi) is 3.53. The standard InChI is InChI=1S/C13H14N8O2S/c14-24(22,23)13-11(12-17-19-20-18-12)10(5-6-15-13)21-7-16-8-3-1-2-4-9(8)21/h1-7,12,17-20H,(H2,14,22,23). The third kappa shape index (κ3) is 2.45. The van der Waals surface area contributed by atoms with E-state index < -0.39 is 16.2 Å². The maximum absolute atomic E-state index is 12.0. The maximum Gasteiger partial charge on any atom is 0.255 e. The summed E-state index contributed by atoms with van der Waals surface area (Å²) in [5, 5.41) is 5.13. The SMILES string of the molecule is NS(=O)(=O)c1nccc(-n2cnc3ccccc32)c1C1NNNN1. The number of aromatic nitrogens is 3. The van der Waals surface area contributed by atoms with Crippen molar-refractivity contribution in [2.45, 2.75) is 11.2 Å². The highest BCUT2D eigenvalue weighted by Crippen LogP contribution is 2.28. The predicted molar refractivity (Wildman–Crippen MR) is 85.5 cm³/mol. The zero-order chi connectivity index (χ0) is 16.7. The Bertz CT molecular complexity index is 1010. The average Bonchev–Trinajstić information content (AvgIpc) is 3.23. The Morgan fingerprint density at radius 3 is 2.58 bits per heavy atom. The molecule has 24 heavy (non-hydrogen) atoms. The van der Waals surface area contributed by atoms with Gasteiger partial charge in [-0.3, -0.25) is 4.57 Å². The van der Waals surface area contributed by atoms with Crippen molar-refractivity contribution in [1.82, 2.24) is 36.5 Å². The summed E-state index contributed by atoms with van der Waals surface area (Å²) in [7, 11) is -4.02. The lowest BCUT2D eigenvalue weighted by molar-refractivity contribution is 0.531. The number of primary sulfonamides is 1. The molecule has 124 valence electrons. The van der Waals surface area contributed by atoms with E-state index >= 15 is 0 Å². The number of nitrogens with one attached hydrogen (secondary N) is 4. The summed E-state index contributed by atoms with van der Waals surface area (Å²) in [4.78, 5) is 8.31. The monoisotopic (exact) mass is 346 g/mol. The molecule has 2 aromatic heterocycles. The van der Waals surface area contributed by atoms with E-state index in [2.05, 4.69) is 31.9 Å². The van der Waals surface area contributed by atoms with Crippen LogP contribution < -0.4 is 27.1 Å². The fourth-order valence-electron chi connectivity index (χ4n) is 2.70. The number of sulfonamides is 1. The van der Waals surface area contributed by atoms with Gasteiger partial charge in [0.05, 0.1) is 16.7 Å². The smallest absolute Gasteiger partial charge is 0.255 e. The number of nitrogens with two attached hydrogens (primary N) is 1. The molecule has 0 spiro atoms. The van der Waals surface area contributed by atoms with Gasteiger partial charge in [0, 0.05) is 11.8 Å². The molecular formula is C13H14N8O2S. The number of hydrazine groups is 3.